The average molecular weight is 564 g/mol. The van der Waals surface area contributed by atoms with Crippen LogP contribution in [-0.2, 0) is 0 Å². The van der Waals surface area contributed by atoms with Crippen LogP contribution in [0.4, 0.5) is 17.5 Å². The van der Waals surface area contributed by atoms with Gasteiger partial charge in [-0.1, -0.05) is 26.0 Å². The number of anilines is 3. The minimum Gasteiger partial charge on any atom is -0.489 e. The lowest BCUT2D eigenvalue weighted by molar-refractivity contribution is 0.241. The van der Waals surface area contributed by atoms with Gasteiger partial charge in [-0.2, -0.15) is 4.98 Å². The summed E-state index contributed by atoms with van der Waals surface area (Å²) in [7, 11) is 2.21. The van der Waals surface area contributed by atoms with E-state index in [1.807, 2.05) is 11.8 Å². The number of benzene rings is 1. The first kappa shape index (κ1) is 28.0. The van der Waals surface area contributed by atoms with Crippen LogP contribution < -0.4 is 15.4 Å². The number of aromatic nitrogens is 2. The molecular weight excluding hydrogens is 523 g/mol. The monoisotopic (exact) mass is 563 g/mol. The third kappa shape index (κ3) is 6.79. The number of aryl methyl sites for hydroxylation is 1. The molecule has 8 heteroatoms. The van der Waals surface area contributed by atoms with Crippen LogP contribution >= 0.6 is 23.1 Å². The maximum absolute atomic E-state index is 6.34. The van der Waals surface area contributed by atoms with E-state index in [2.05, 4.69) is 92.9 Å². The average Bonchev–Trinajstić information content (AvgIpc) is 3.36. The number of hydrogen-bond acceptors (Lipinski definition) is 8. The summed E-state index contributed by atoms with van der Waals surface area (Å²) >= 11 is 3.56. The van der Waals surface area contributed by atoms with Gasteiger partial charge in [0.1, 0.15) is 5.75 Å². The van der Waals surface area contributed by atoms with E-state index in [4.69, 9.17) is 14.7 Å². The van der Waals surface area contributed by atoms with Gasteiger partial charge in [0.05, 0.1) is 22.0 Å². The van der Waals surface area contributed by atoms with E-state index in [1.165, 1.54) is 28.9 Å². The maximum atomic E-state index is 6.34. The Morgan fingerprint density at radius 1 is 1.05 bits per heavy atom. The summed E-state index contributed by atoms with van der Waals surface area (Å²) in [5.74, 6) is 2.84. The Hall–Kier alpha value is -2.55. The number of hydrogen-bond donors (Lipinski definition) is 2. The molecular formula is C31H41N5OS2. The van der Waals surface area contributed by atoms with Gasteiger partial charge in [0, 0.05) is 15.9 Å². The van der Waals surface area contributed by atoms with Crippen molar-refractivity contribution >= 4 is 50.8 Å². The van der Waals surface area contributed by atoms with Crippen LogP contribution in [0.2, 0.25) is 0 Å². The third-order valence-electron chi connectivity index (χ3n) is 7.17. The zero-order chi connectivity index (χ0) is 27.5. The predicted octanol–water partition coefficient (Wildman–Crippen LogP) is 8.45. The Morgan fingerprint density at radius 3 is 2.56 bits per heavy atom. The number of rotatable bonds is 9. The zero-order valence-corrected chi connectivity index (χ0v) is 25.6. The number of thiophene rings is 1. The van der Waals surface area contributed by atoms with Crippen LogP contribution in [0.1, 0.15) is 70.4 Å². The molecule has 0 amide bonds. The van der Waals surface area contributed by atoms with E-state index in [0.717, 1.165) is 59.1 Å². The standard InChI is InChI=1S/C31H41N5OS2/c1-19(2)37-27-18-23(22-11-14-36(6)15-12-22)21(5)17-26(27)34-31-33-25-13-16-38-29(25)30(35-31)32-24-9-7-8-10-28(24)39-20(3)4/h9-10,13,16-20,22H,7-8,11-12,14-15H2,1-6H3,(H2,32,33,34,35). The van der Waals surface area contributed by atoms with Gasteiger partial charge in [-0.15, -0.1) is 23.1 Å². The second kappa shape index (κ2) is 12.3. The number of nitrogens with one attached hydrogen (secondary N) is 2. The zero-order valence-electron chi connectivity index (χ0n) is 24.0. The van der Waals surface area contributed by atoms with Crippen molar-refractivity contribution in [2.75, 3.05) is 30.8 Å². The maximum Gasteiger partial charge on any atom is 0.229 e. The molecule has 0 atom stereocenters. The third-order valence-corrected chi connectivity index (χ3v) is 9.19. The number of thioether (sulfide) groups is 1. The van der Waals surface area contributed by atoms with Gasteiger partial charge in [-0.25, -0.2) is 4.98 Å². The van der Waals surface area contributed by atoms with Crippen LogP contribution in [-0.4, -0.2) is 46.4 Å². The Morgan fingerprint density at radius 2 is 1.82 bits per heavy atom. The van der Waals surface area contributed by atoms with Crippen molar-refractivity contribution in [2.45, 2.75) is 77.6 Å². The molecule has 2 aliphatic rings. The molecule has 1 saturated heterocycles. The topological polar surface area (TPSA) is 62.3 Å². The van der Waals surface area contributed by atoms with Crippen molar-refractivity contribution in [3.8, 4) is 5.75 Å². The molecule has 39 heavy (non-hydrogen) atoms. The largest absolute Gasteiger partial charge is 0.489 e. The van der Waals surface area contributed by atoms with Gasteiger partial charge in [-0.3, -0.25) is 0 Å². The van der Waals surface area contributed by atoms with Crippen molar-refractivity contribution in [3.63, 3.8) is 0 Å². The predicted molar refractivity (Wildman–Crippen MR) is 169 cm³/mol. The second-order valence-corrected chi connectivity index (χ2v) is 13.7. The minimum absolute atomic E-state index is 0.0676. The highest BCUT2D eigenvalue weighted by atomic mass is 32.2. The highest BCUT2D eigenvalue weighted by Crippen LogP contribution is 2.39. The van der Waals surface area contributed by atoms with Crippen molar-refractivity contribution < 1.29 is 4.74 Å². The van der Waals surface area contributed by atoms with Crippen molar-refractivity contribution in [2.24, 2.45) is 0 Å². The molecule has 1 aliphatic carbocycles. The fraction of sp³-hybridized carbons (Fsp3) is 0.484. The number of ether oxygens (including phenoxy) is 1. The van der Waals surface area contributed by atoms with E-state index in [-0.39, 0.29) is 6.10 Å². The summed E-state index contributed by atoms with van der Waals surface area (Å²) in [5, 5.41) is 9.79. The summed E-state index contributed by atoms with van der Waals surface area (Å²) in [5.41, 5.74) is 5.66. The quantitative estimate of drug-likeness (QED) is 0.271. The molecule has 2 aromatic heterocycles. The summed E-state index contributed by atoms with van der Waals surface area (Å²) < 4.78 is 7.40. The normalized spacial score (nSPS) is 17.0. The van der Waals surface area contributed by atoms with Crippen LogP contribution in [0.3, 0.4) is 0 Å². The molecule has 0 bridgehead atoms. The van der Waals surface area contributed by atoms with Crippen LogP contribution in [0.15, 0.2) is 46.3 Å². The van der Waals surface area contributed by atoms with Gasteiger partial charge < -0.3 is 20.3 Å². The number of allylic oxidation sites excluding steroid dienone is 2. The number of likely N-dealkylation sites (tertiary alicyclic amines) is 1. The molecule has 0 radical (unpaired) electrons. The lowest BCUT2D eigenvalue weighted by atomic mass is 9.86. The molecule has 0 unspecified atom stereocenters. The van der Waals surface area contributed by atoms with Gasteiger partial charge >= 0.3 is 0 Å². The van der Waals surface area contributed by atoms with Crippen molar-refractivity contribution in [1.29, 1.82) is 0 Å². The van der Waals surface area contributed by atoms with Crippen molar-refractivity contribution in [1.82, 2.24) is 14.9 Å². The minimum atomic E-state index is 0.0676. The van der Waals surface area contributed by atoms with Gasteiger partial charge in [0.2, 0.25) is 5.95 Å². The van der Waals surface area contributed by atoms with Gasteiger partial charge in [0.25, 0.3) is 0 Å². The lowest BCUT2D eigenvalue weighted by Crippen LogP contribution is -2.29. The highest BCUT2D eigenvalue weighted by molar-refractivity contribution is 8.03. The van der Waals surface area contributed by atoms with E-state index in [9.17, 15) is 0 Å². The molecule has 1 aromatic carbocycles. The molecule has 1 fully saturated rings. The smallest absolute Gasteiger partial charge is 0.229 e. The molecule has 0 spiro atoms. The molecule has 3 heterocycles. The second-order valence-electron chi connectivity index (χ2n) is 11.2. The fourth-order valence-electron chi connectivity index (χ4n) is 5.30. The number of fused-ring (bicyclic) bond motifs is 1. The first-order valence-corrected chi connectivity index (χ1v) is 15.9. The molecule has 0 saturated carbocycles. The van der Waals surface area contributed by atoms with Crippen molar-refractivity contribution in [3.05, 3.63) is 57.5 Å². The first-order valence-electron chi connectivity index (χ1n) is 14.1. The van der Waals surface area contributed by atoms with Crippen LogP contribution in [0, 0.1) is 6.92 Å². The van der Waals surface area contributed by atoms with Crippen LogP contribution in [0.25, 0.3) is 10.2 Å². The molecule has 3 aromatic rings. The summed E-state index contributed by atoms with van der Waals surface area (Å²) in [6.07, 6.45) is 9.17. The molecule has 6 nitrogen and oxygen atoms in total. The number of piperidine rings is 1. The molecule has 1 aliphatic heterocycles. The van der Waals surface area contributed by atoms with Crippen LogP contribution in [0.5, 0.6) is 5.75 Å². The van der Waals surface area contributed by atoms with E-state index in [1.54, 1.807) is 11.3 Å². The summed E-state index contributed by atoms with van der Waals surface area (Å²) in [6.45, 7) is 13.1. The molecule has 2 N–H and O–H groups in total. The summed E-state index contributed by atoms with van der Waals surface area (Å²) in [4.78, 5) is 13.6. The van der Waals surface area contributed by atoms with Gasteiger partial charge in [0.15, 0.2) is 5.82 Å². The summed E-state index contributed by atoms with van der Waals surface area (Å²) in [6, 6.07) is 6.53. The SMILES string of the molecule is Cc1cc(Nc2nc(NC3=CCCC=C3SC(C)C)c3sccc3n2)c(OC(C)C)cc1C1CCN(C)CC1. The lowest BCUT2D eigenvalue weighted by Gasteiger charge is -2.30. The Balaban J connectivity index is 1.46. The Bertz CT molecular complexity index is 1370. The molecule has 208 valence electrons. The number of nitrogens with zero attached hydrogens (tertiary/aromatic N) is 3. The van der Waals surface area contributed by atoms with Gasteiger partial charge in [-0.05, 0) is 107 Å². The Labute approximate surface area is 241 Å². The fourth-order valence-corrected chi connectivity index (χ4v) is 7.05. The molecule has 5 rings (SSSR count). The van der Waals surface area contributed by atoms with E-state index >= 15 is 0 Å². The van der Waals surface area contributed by atoms with E-state index < -0.39 is 0 Å². The highest BCUT2D eigenvalue weighted by Gasteiger charge is 2.23. The first-order chi connectivity index (χ1) is 18.8. The Kier molecular flexibility index (Phi) is 8.84. The van der Waals surface area contributed by atoms with E-state index in [0.29, 0.717) is 17.1 Å².